The van der Waals surface area contributed by atoms with Gasteiger partial charge in [-0.2, -0.15) is 31.4 Å². The normalized spacial score (nSPS) is 14.6. The number of nitrogens with zero attached hydrogens (tertiary/aromatic N) is 2. The number of nitrogens with one attached hydrogen (secondary N) is 2. The summed E-state index contributed by atoms with van der Waals surface area (Å²) < 4.78 is 76.5. The maximum absolute atomic E-state index is 12.8. The van der Waals surface area contributed by atoms with Crippen molar-refractivity contribution in [1.29, 1.82) is 0 Å². The molecule has 35 heavy (non-hydrogen) atoms. The Hall–Kier alpha value is -3.27. The van der Waals surface area contributed by atoms with Gasteiger partial charge in [0.2, 0.25) is 5.96 Å². The molecule has 0 aromatic heterocycles. The number of guanidine groups is 1. The van der Waals surface area contributed by atoms with Crippen LogP contribution in [0.2, 0.25) is 0 Å². The van der Waals surface area contributed by atoms with Gasteiger partial charge in [0.1, 0.15) is 0 Å². The second kappa shape index (κ2) is 12.4. The van der Waals surface area contributed by atoms with Gasteiger partial charge in [-0.1, -0.05) is 36.4 Å². The molecule has 0 aliphatic carbocycles. The maximum Gasteiger partial charge on any atom is 0.416 e. The van der Waals surface area contributed by atoms with E-state index in [0.29, 0.717) is 29.3 Å². The molecule has 2 aromatic carbocycles. The van der Waals surface area contributed by atoms with E-state index in [1.54, 1.807) is 24.3 Å². The number of hydrazone groups is 1. The van der Waals surface area contributed by atoms with Gasteiger partial charge in [-0.3, -0.25) is 4.99 Å². The molecule has 0 saturated carbocycles. The van der Waals surface area contributed by atoms with Crippen molar-refractivity contribution in [3.8, 4) is 0 Å². The van der Waals surface area contributed by atoms with Crippen molar-refractivity contribution in [1.82, 2.24) is 10.7 Å². The summed E-state index contributed by atoms with van der Waals surface area (Å²) in [6.07, 6.45) is -0.615. The Morgan fingerprint density at radius 2 is 1.29 bits per heavy atom. The van der Waals surface area contributed by atoms with Crippen LogP contribution in [0.3, 0.4) is 0 Å². The molecule has 0 bridgehead atoms. The zero-order valence-electron chi connectivity index (χ0n) is 18.3. The van der Waals surface area contributed by atoms with E-state index >= 15 is 0 Å². The average molecular weight is 517 g/mol. The van der Waals surface area contributed by atoms with Gasteiger partial charge in [0.05, 0.1) is 16.8 Å². The van der Waals surface area contributed by atoms with Crippen LogP contribution in [0.5, 0.6) is 0 Å². The van der Waals surface area contributed by atoms with E-state index in [4.69, 9.17) is 0 Å². The van der Waals surface area contributed by atoms with Gasteiger partial charge in [-0.25, -0.2) is 5.43 Å². The van der Waals surface area contributed by atoms with Crippen molar-refractivity contribution in [2.45, 2.75) is 25.2 Å². The van der Waals surface area contributed by atoms with Crippen molar-refractivity contribution in [3.63, 3.8) is 0 Å². The van der Waals surface area contributed by atoms with E-state index in [1.807, 2.05) is 0 Å². The Labute approximate surface area is 204 Å². The van der Waals surface area contributed by atoms with E-state index in [-0.39, 0.29) is 12.4 Å². The second-order valence-electron chi connectivity index (χ2n) is 7.42. The minimum atomic E-state index is -4.42. The molecule has 0 unspecified atom stereocenters. The number of benzene rings is 2. The highest BCUT2D eigenvalue weighted by Crippen LogP contribution is 2.30. The number of aliphatic imine (C=N–C) groups is 1. The largest absolute Gasteiger partial charge is 0.416 e. The first-order valence-corrected chi connectivity index (χ1v) is 10.4. The summed E-state index contributed by atoms with van der Waals surface area (Å²) in [6, 6.07) is 9.27. The topological polar surface area (TPSA) is 48.8 Å². The van der Waals surface area contributed by atoms with Crippen molar-refractivity contribution in [3.05, 3.63) is 82.9 Å². The first-order chi connectivity index (χ1) is 16.1. The van der Waals surface area contributed by atoms with E-state index < -0.39 is 23.5 Å². The minimum Gasteiger partial charge on any atom is -0.355 e. The highest BCUT2D eigenvalue weighted by Gasteiger charge is 2.30. The fourth-order valence-corrected chi connectivity index (χ4v) is 2.94. The van der Waals surface area contributed by atoms with Gasteiger partial charge >= 0.3 is 12.4 Å². The van der Waals surface area contributed by atoms with Gasteiger partial charge in [0, 0.05) is 13.1 Å². The fraction of sp³-hybridized carbons (Fsp3) is 0.250. The van der Waals surface area contributed by atoms with Gasteiger partial charge in [-0.15, -0.1) is 12.4 Å². The van der Waals surface area contributed by atoms with Crippen LogP contribution in [0.15, 0.2) is 70.8 Å². The predicted molar refractivity (Wildman–Crippen MR) is 128 cm³/mol. The van der Waals surface area contributed by atoms with Crippen LogP contribution in [0.1, 0.15) is 35.1 Å². The highest BCUT2D eigenvalue weighted by molar-refractivity contribution is 6.09. The summed E-state index contributed by atoms with van der Waals surface area (Å²) in [5.41, 5.74) is 2.75. The monoisotopic (exact) mass is 516 g/mol. The van der Waals surface area contributed by atoms with Gasteiger partial charge in [0.25, 0.3) is 0 Å². The van der Waals surface area contributed by atoms with Crippen LogP contribution in [0, 0.1) is 0 Å². The molecular weight excluding hydrogens is 494 g/mol. The molecule has 3 rings (SSSR count). The quantitative estimate of drug-likeness (QED) is 0.269. The Kier molecular flexibility index (Phi) is 9.94. The summed E-state index contributed by atoms with van der Waals surface area (Å²) in [7, 11) is 0. The molecule has 0 amide bonds. The van der Waals surface area contributed by atoms with Crippen LogP contribution in [-0.2, 0) is 12.4 Å². The van der Waals surface area contributed by atoms with Crippen molar-refractivity contribution < 1.29 is 26.3 Å². The number of halogens is 7. The zero-order chi connectivity index (χ0) is 24.6. The molecule has 2 N–H and O–H groups in total. The van der Waals surface area contributed by atoms with Gasteiger partial charge < -0.3 is 5.32 Å². The Morgan fingerprint density at radius 1 is 0.800 bits per heavy atom. The number of alkyl halides is 6. The fourth-order valence-electron chi connectivity index (χ4n) is 2.94. The third-order valence-corrected chi connectivity index (χ3v) is 4.81. The lowest BCUT2D eigenvalue weighted by Gasteiger charge is -2.07. The Balaban J connectivity index is 0.00000432. The van der Waals surface area contributed by atoms with Gasteiger partial charge in [0.15, 0.2) is 0 Å². The SMILES string of the molecule is Cl.FC(F)(F)c1ccc(C=CC(C=Cc2ccc(C(F)(F)F)cc2)=NNC2=NCCCCN2)cc1. The number of hydrogen-bond donors (Lipinski definition) is 2. The molecule has 0 fully saturated rings. The smallest absolute Gasteiger partial charge is 0.355 e. The lowest BCUT2D eigenvalue weighted by Crippen LogP contribution is -2.34. The first kappa shape index (κ1) is 28.0. The molecule has 0 spiro atoms. The molecule has 1 heterocycles. The summed E-state index contributed by atoms with van der Waals surface area (Å²) in [6.45, 7) is 1.38. The summed E-state index contributed by atoms with van der Waals surface area (Å²) in [5, 5.41) is 7.37. The van der Waals surface area contributed by atoms with E-state index in [9.17, 15) is 26.3 Å². The summed E-state index contributed by atoms with van der Waals surface area (Å²) in [5.74, 6) is 0.487. The number of allylic oxidation sites excluding steroid dienone is 2. The summed E-state index contributed by atoms with van der Waals surface area (Å²) in [4.78, 5) is 4.32. The lowest BCUT2D eigenvalue weighted by atomic mass is 10.1. The highest BCUT2D eigenvalue weighted by atomic mass is 35.5. The van der Waals surface area contributed by atoms with E-state index in [2.05, 4.69) is 20.8 Å². The molecule has 0 atom stereocenters. The molecule has 1 aliphatic heterocycles. The molecule has 11 heteroatoms. The van der Waals surface area contributed by atoms with Crippen molar-refractivity contribution >= 4 is 36.2 Å². The first-order valence-electron chi connectivity index (χ1n) is 10.4. The van der Waals surface area contributed by atoms with Crippen molar-refractivity contribution in [2.24, 2.45) is 10.1 Å². The minimum absolute atomic E-state index is 0. The van der Waals surface area contributed by atoms with E-state index in [1.165, 1.54) is 24.3 Å². The van der Waals surface area contributed by atoms with Crippen LogP contribution in [0.25, 0.3) is 12.2 Å². The Bertz CT molecular complexity index is 1000. The second-order valence-corrected chi connectivity index (χ2v) is 7.42. The van der Waals surface area contributed by atoms with Crippen LogP contribution in [0.4, 0.5) is 26.3 Å². The number of rotatable bonds is 5. The molecule has 4 nitrogen and oxygen atoms in total. The molecule has 1 aliphatic rings. The number of hydrogen-bond acceptors (Lipinski definition) is 4. The third kappa shape index (κ3) is 9.12. The molecule has 2 aromatic rings. The predicted octanol–water partition coefficient (Wildman–Crippen LogP) is 6.56. The van der Waals surface area contributed by atoms with Crippen LogP contribution in [-0.4, -0.2) is 24.8 Å². The zero-order valence-corrected chi connectivity index (χ0v) is 19.1. The molecule has 0 saturated heterocycles. The third-order valence-electron chi connectivity index (χ3n) is 4.81. The maximum atomic E-state index is 12.8. The summed E-state index contributed by atoms with van der Waals surface area (Å²) >= 11 is 0. The molecular formula is C24H23ClF6N4. The van der Waals surface area contributed by atoms with Crippen LogP contribution < -0.4 is 10.7 Å². The van der Waals surface area contributed by atoms with E-state index in [0.717, 1.165) is 43.7 Å². The van der Waals surface area contributed by atoms with Crippen molar-refractivity contribution in [2.75, 3.05) is 13.1 Å². The standard InChI is InChI=1S/C24H22F6N4.ClH/c25-23(26,27)19-9-3-17(4-10-19)7-13-21(33-34-22-31-15-1-2-16-32-22)14-8-18-5-11-20(12-6-18)24(28,29)30;/h3-14H,1-2,15-16H2,(H2,31,32,34);1H. The molecule has 188 valence electrons. The molecule has 0 radical (unpaired) electrons. The lowest BCUT2D eigenvalue weighted by molar-refractivity contribution is -0.138. The Morgan fingerprint density at radius 3 is 1.74 bits per heavy atom. The van der Waals surface area contributed by atoms with Gasteiger partial charge in [-0.05, 0) is 60.4 Å². The van der Waals surface area contributed by atoms with Crippen LogP contribution >= 0.6 is 12.4 Å². The average Bonchev–Trinajstić information content (AvgIpc) is 3.07.